The Kier molecular flexibility index (Phi) is 1.24. The Morgan fingerprint density at radius 3 is 2.56 bits per heavy atom. The van der Waals surface area contributed by atoms with Crippen LogP contribution in [0.3, 0.4) is 0 Å². The van der Waals surface area contributed by atoms with Gasteiger partial charge in [-0.3, -0.25) is 5.32 Å². The maximum Gasteiger partial charge on any atom is 0.0974 e. The van der Waals surface area contributed by atoms with Crippen LogP contribution in [0.15, 0.2) is 0 Å². The summed E-state index contributed by atoms with van der Waals surface area (Å²) in [6.07, 6.45) is 5.28. The lowest BCUT2D eigenvalue weighted by Crippen LogP contribution is -2.28. The summed E-state index contributed by atoms with van der Waals surface area (Å²) in [6.45, 7) is 1.87. The normalized spacial score (nSPS) is 32.0. The summed E-state index contributed by atoms with van der Waals surface area (Å²) in [5, 5.41) is 3.23. The summed E-state index contributed by atoms with van der Waals surface area (Å²) >= 11 is 0. The molecule has 2 nitrogen and oxygen atoms in total. The second-order valence-electron chi connectivity index (χ2n) is 3.11. The van der Waals surface area contributed by atoms with Crippen LogP contribution in [0.1, 0.15) is 25.7 Å². The third kappa shape index (κ3) is 0.864. The zero-order valence-electron chi connectivity index (χ0n) is 5.65. The standard InChI is InChI=1S/C7H13NO/c1-2-4-7(3-1)5-8-6-9-7/h8H,1-6H2. The van der Waals surface area contributed by atoms with Crippen molar-refractivity contribution >= 4 is 0 Å². The minimum absolute atomic E-state index is 0.278. The highest BCUT2D eigenvalue weighted by Crippen LogP contribution is 2.34. The molecule has 9 heavy (non-hydrogen) atoms. The molecule has 0 aromatic rings. The molecule has 2 aliphatic rings. The van der Waals surface area contributed by atoms with Crippen molar-refractivity contribution in [3.63, 3.8) is 0 Å². The van der Waals surface area contributed by atoms with Gasteiger partial charge in [0.15, 0.2) is 0 Å². The first-order chi connectivity index (χ1) is 4.41. The van der Waals surface area contributed by atoms with Crippen molar-refractivity contribution in [1.82, 2.24) is 5.32 Å². The molecule has 1 saturated heterocycles. The van der Waals surface area contributed by atoms with E-state index in [9.17, 15) is 0 Å². The predicted molar refractivity (Wildman–Crippen MR) is 35.2 cm³/mol. The monoisotopic (exact) mass is 127 g/mol. The van der Waals surface area contributed by atoms with Crippen LogP contribution in [0.4, 0.5) is 0 Å². The van der Waals surface area contributed by atoms with E-state index in [0.29, 0.717) is 0 Å². The quantitative estimate of drug-likeness (QED) is 0.521. The van der Waals surface area contributed by atoms with E-state index in [-0.39, 0.29) is 5.60 Å². The number of rotatable bonds is 0. The molecule has 0 amide bonds. The summed E-state index contributed by atoms with van der Waals surface area (Å²) in [4.78, 5) is 0. The van der Waals surface area contributed by atoms with Crippen molar-refractivity contribution in [2.24, 2.45) is 0 Å². The van der Waals surface area contributed by atoms with E-state index in [1.54, 1.807) is 0 Å². The van der Waals surface area contributed by atoms with Crippen molar-refractivity contribution in [1.29, 1.82) is 0 Å². The Morgan fingerprint density at radius 2 is 2.00 bits per heavy atom. The van der Waals surface area contributed by atoms with E-state index in [0.717, 1.165) is 13.3 Å². The molecule has 2 heteroatoms. The third-order valence-electron chi connectivity index (χ3n) is 2.44. The van der Waals surface area contributed by atoms with E-state index in [1.807, 2.05) is 0 Å². The first-order valence-corrected chi connectivity index (χ1v) is 3.76. The van der Waals surface area contributed by atoms with Gasteiger partial charge in [0, 0.05) is 6.54 Å². The summed E-state index contributed by atoms with van der Waals surface area (Å²) in [5.74, 6) is 0. The van der Waals surface area contributed by atoms with Gasteiger partial charge in [-0.1, -0.05) is 12.8 Å². The number of nitrogens with one attached hydrogen (secondary N) is 1. The van der Waals surface area contributed by atoms with Crippen LogP contribution >= 0.6 is 0 Å². The average molecular weight is 127 g/mol. The van der Waals surface area contributed by atoms with Gasteiger partial charge in [0.1, 0.15) is 0 Å². The molecule has 0 bridgehead atoms. The van der Waals surface area contributed by atoms with E-state index >= 15 is 0 Å². The molecule has 0 aromatic carbocycles. The van der Waals surface area contributed by atoms with Gasteiger partial charge >= 0.3 is 0 Å². The Labute approximate surface area is 55.6 Å². The zero-order valence-corrected chi connectivity index (χ0v) is 5.65. The summed E-state index contributed by atoms with van der Waals surface area (Å²) in [6, 6.07) is 0. The van der Waals surface area contributed by atoms with Crippen molar-refractivity contribution in [3.8, 4) is 0 Å². The van der Waals surface area contributed by atoms with Crippen molar-refractivity contribution < 1.29 is 4.74 Å². The molecule has 1 aliphatic heterocycles. The molecule has 1 aliphatic carbocycles. The van der Waals surface area contributed by atoms with Gasteiger partial charge in [-0.15, -0.1) is 0 Å². The van der Waals surface area contributed by atoms with Gasteiger partial charge in [-0.05, 0) is 12.8 Å². The molecule has 0 radical (unpaired) electrons. The second kappa shape index (κ2) is 1.96. The maximum atomic E-state index is 5.59. The smallest absolute Gasteiger partial charge is 0.0974 e. The minimum atomic E-state index is 0.278. The van der Waals surface area contributed by atoms with Gasteiger partial charge < -0.3 is 4.74 Å². The first kappa shape index (κ1) is 5.69. The lowest BCUT2D eigenvalue weighted by Gasteiger charge is -2.19. The molecule has 1 heterocycles. The van der Waals surface area contributed by atoms with Crippen LogP contribution in [-0.4, -0.2) is 18.9 Å². The van der Waals surface area contributed by atoms with Crippen LogP contribution in [0, 0.1) is 0 Å². The largest absolute Gasteiger partial charge is 0.359 e. The SMILES string of the molecule is C1CCC2(C1)CNCO2. The Bertz CT molecular complexity index is 84.0. The van der Waals surface area contributed by atoms with Crippen LogP contribution < -0.4 is 5.32 Å². The van der Waals surface area contributed by atoms with Crippen LogP contribution in [0.5, 0.6) is 0 Å². The second-order valence-corrected chi connectivity index (χ2v) is 3.11. The topological polar surface area (TPSA) is 21.3 Å². The molecule has 0 unspecified atom stereocenters. The molecular formula is C7H13NO. The lowest BCUT2D eigenvalue weighted by atomic mass is 10.0. The molecule has 0 aromatic heterocycles. The van der Waals surface area contributed by atoms with E-state index < -0.39 is 0 Å². The molecular weight excluding hydrogens is 114 g/mol. The van der Waals surface area contributed by atoms with Gasteiger partial charge in [-0.25, -0.2) is 0 Å². The van der Waals surface area contributed by atoms with Crippen molar-refractivity contribution in [2.45, 2.75) is 31.3 Å². The minimum Gasteiger partial charge on any atom is -0.359 e. The van der Waals surface area contributed by atoms with E-state index in [4.69, 9.17) is 4.74 Å². The highest BCUT2D eigenvalue weighted by molar-refractivity contribution is 4.90. The van der Waals surface area contributed by atoms with Gasteiger partial charge in [-0.2, -0.15) is 0 Å². The van der Waals surface area contributed by atoms with Gasteiger partial charge in [0.25, 0.3) is 0 Å². The van der Waals surface area contributed by atoms with Crippen LogP contribution in [0.2, 0.25) is 0 Å². The maximum absolute atomic E-state index is 5.59. The fourth-order valence-electron chi connectivity index (χ4n) is 1.87. The third-order valence-corrected chi connectivity index (χ3v) is 2.44. The number of ether oxygens (including phenoxy) is 1. The van der Waals surface area contributed by atoms with Gasteiger partial charge in [0.2, 0.25) is 0 Å². The zero-order chi connectivity index (χ0) is 6.16. The Balaban J connectivity index is 2.04. The number of hydrogen-bond donors (Lipinski definition) is 1. The first-order valence-electron chi connectivity index (χ1n) is 3.76. The van der Waals surface area contributed by atoms with Gasteiger partial charge in [0.05, 0.1) is 12.3 Å². The Morgan fingerprint density at radius 1 is 1.22 bits per heavy atom. The van der Waals surface area contributed by atoms with Crippen molar-refractivity contribution in [2.75, 3.05) is 13.3 Å². The van der Waals surface area contributed by atoms with Crippen LogP contribution in [0.25, 0.3) is 0 Å². The summed E-state index contributed by atoms with van der Waals surface area (Å²) < 4.78 is 5.59. The molecule has 1 saturated carbocycles. The van der Waals surface area contributed by atoms with E-state index in [1.165, 1.54) is 25.7 Å². The molecule has 52 valence electrons. The highest BCUT2D eigenvalue weighted by atomic mass is 16.5. The molecule has 2 rings (SSSR count). The molecule has 1 N–H and O–H groups in total. The molecule has 2 fully saturated rings. The molecule has 0 atom stereocenters. The average Bonchev–Trinajstić information content (AvgIpc) is 2.45. The highest BCUT2D eigenvalue weighted by Gasteiger charge is 2.37. The number of hydrogen-bond acceptors (Lipinski definition) is 2. The van der Waals surface area contributed by atoms with Crippen LogP contribution in [-0.2, 0) is 4.74 Å². The predicted octanol–water partition coefficient (Wildman–Crippen LogP) is 0.877. The lowest BCUT2D eigenvalue weighted by molar-refractivity contribution is 0.0171. The van der Waals surface area contributed by atoms with E-state index in [2.05, 4.69) is 5.32 Å². The van der Waals surface area contributed by atoms with Crippen molar-refractivity contribution in [3.05, 3.63) is 0 Å². The fourth-order valence-corrected chi connectivity index (χ4v) is 1.87. The fraction of sp³-hybridized carbons (Fsp3) is 1.00. The molecule has 1 spiro atoms. The Hall–Kier alpha value is -0.0800. The summed E-state index contributed by atoms with van der Waals surface area (Å²) in [5.41, 5.74) is 0.278. The summed E-state index contributed by atoms with van der Waals surface area (Å²) in [7, 11) is 0.